The molecule has 0 atom stereocenters. The molecule has 34 heavy (non-hydrogen) atoms. The molecule has 2 heterocycles. The first kappa shape index (κ1) is 21.9. The quantitative estimate of drug-likeness (QED) is 0.475. The highest BCUT2D eigenvalue weighted by molar-refractivity contribution is 7.92. The second-order valence-corrected chi connectivity index (χ2v) is 9.94. The lowest BCUT2D eigenvalue weighted by molar-refractivity contribution is 0.0988. The minimum atomic E-state index is -3.92. The Morgan fingerprint density at radius 2 is 1.76 bits per heavy atom. The van der Waals surface area contributed by atoms with Crippen molar-refractivity contribution in [1.82, 2.24) is 4.98 Å². The highest BCUT2D eigenvalue weighted by Crippen LogP contribution is 2.29. The van der Waals surface area contributed by atoms with E-state index in [9.17, 15) is 18.0 Å². The molecule has 172 valence electrons. The first-order valence-electron chi connectivity index (χ1n) is 11.0. The summed E-state index contributed by atoms with van der Waals surface area (Å²) >= 11 is 0. The summed E-state index contributed by atoms with van der Waals surface area (Å²) < 4.78 is 28.1. The molecule has 4 aromatic rings. The van der Waals surface area contributed by atoms with Gasteiger partial charge in [0.2, 0.25) is 5.43 Å². The lowest BCUT2D eigenvalue weighted by Gasteiger charge is -2.23. The number of para-hydroxylation sites is 2. The molecule has 0 unspecified atom stereocenters. The van der Waals surface area contributed by atoms with Crippen molar-refractivity contribution in [3.63, 3.8) is 0 Å². The summed E-state index contributed by atoms with van der Waals surface area (Å²) in [5, 5.41) is 0.156. The maximum atomic E-state index is 13.4. The number of anilines is 2. The van der Waals surface area contributed by atoms with Gasteiger partial charge < -0.3 is 9.88 Å². The Kier molecular flexibility index (Phi) is 5.45. The van der Waals surface area contributed by atoms with Crippen LogP contribution in [0.15, 0.2) is 88.7 Å². The van der Waals surface area contributed by atoms with E-state index in [-0.39, 0.29) is 22.4 Å². The first-order chi connectivity index (χ1) is 16.4. The van der Waals surface area contributed by atoms with E-state index < -0.39 is 21.4 Å². The average Bonchev–Trinajstić information content (AvgIpc) is 3.29. The minimum absolute atomic E-state index is 0.00711. The van der Waals surface area contributed by atoms with Crippen LogP contribution in [0.2, 0.25) is 0 Å². The summed E-state index contributed by atoms with van der Waals surface area (Å²) in [4.78, 5) is 31.2. The molecule has 0 spiro atoms. The second-order valence-electron chi connectivity index (χ2n) is 8.08. The van der Waals surface area contributed by atoms with Gasteiger partial charge in [-0.25, -0.2) is 8.42 Å². The number of nitrogens with one attached hydrogen (secondary N) is 1. The van der Waals surface area contributed by atoms with E-state index in [1.54, 1.807) is 42.2 Å². The second kappa shape index (κ2) is 8.46. The van der Waals surface area contributed by atoms with Gasteiger partial charge in [0.15, 0.2) is 0 Å². The standard InChI is InChI=1S/C26H23N3O4S/c1-2-29(19-9-4-3-5-10-19)34(32,33)20-12-13-23-21(16-20)25(30)22(17-27-23)26(31)28-15-14-18-8-6-7-11-24(18)28/h3-13,16-17H,2,14-15H2,1H3,(H,27,30). The van der Waals surface area contributed by atoms with Crippen molar-refractivity contribution in [2.45, 2.75) is 18.2 Å². The summed E-state index contributed by atoms with van der Waals surface area (Å²) in [7, 11) is -3.92. The molecule has 7 nitrogen and oxygen atoms in total. The fourth-order valence-corrected chi connectivity index (χ4v) is 5.92. The van der Waals surface area contributed by atoms with Gasteiger partial charge >= 0.3 is 0 Å². The van der Waals surface area contributed by atoms with Crippen LogP contribution in [0.5, 0.6) is 0 Å². The van der Waals surface area contributed by atoms with Crippen molar-refractivity contribution >= 4 is 38.2 Å². The van der Waals surface area contributed by atoms with E-state index in [2.05, 4.69) is 4.98 Å². The smallest absolute Gasteiger partial charge is 0.264 e. The number of carbonyl (C=O) groups excluding carboxylic acids is 1. The van der Waals surface area contributed by atoms with Crippen molar-refractivity contribution in [3.8, 4) is 0 Å². The summed E-state index contributed by atoms with van der Waals surface area (Å²) in [5.74, 6) is -0.402. The monoisotopic (exact) mass is 473 g/mol. The first-order valence-corrected chi connectivity index (χ1v) is 12.5. The zero-order valence-corrected chi connectivity index (χ0v) is 19.4. The highest BCUT2D eigenvalue weighted by Gasteiger charge is 2.28. The van der Waals surface area contributed by atoms with Crippen LogP contribution >= 0.6 is 0 Å². The van der Waals surface area contributed by atoms with Crippen LogP contribution in [0.25, 0.3) is 10.9 Å². The Labute approximate surface area is 197 Å². The third kappa shape index (κ3) is 3.56. The van der Waals surface area contributed by atoms with Gasteiger partial charge in [-0.1, -0.05) is 36.4 Å². The van der Waals surface area contributed by atoms with Gasteiger partial charge in [0, 0.05) is 35.9 Å². The number of rotatable bonds is 5. The normalized spacial score (nSPS) is 13.1. The molecule has 0 aliphatic carbocycles. The number of aromatic amines is 1. The predicted octanol–water partition coefficient (Wildman–Crippen LogP) is 3.95. The average molecular weight is 474 g/mol. The molecule has 1 amide bonds. The van der Waals surface area contributed by atoms with E-state index in [4.69, 9.17) is 0 Å². The zero-order valence-electron chi connectivity index (χ0n) is 18.6. The van der Waals surface area contributed by atoms with E-state index in [0.29, 0.717) is 17.7 Å². The van der Waals surface area contributed by atoms with Crippen molar-refractivity contribution in [1.29, 1.82) is 0 Å². The third-order valence-electron chi connectivity index (χ3n) is 6.13. The van der Waals surface area contributed by atoms with Crippen molar-refractivity contribution in [3.05, 3.63) is 100 Å². The number of hydrogen-bond acceptors (Lipinski definition) is 4. The van der Waals surface area contributed by atoms with Crippen LogP contribution < -0.4 is 14.6 Å². The fourth-order valence-electron chi connectivity index (χ4n) is 4.42. The summed E-state index contributed by atoms with van der Waals surface area (Å²) in [5.41, 5.74) is 2.34. The predicted molar refractivity (Wildman–Crippen MR) is 133 cm³/mol. The molecule has 8 heteroatoms. The van der Waals surface area contributed by atoms with Crippen LogP contribution in [0.1, 0.15) is 22.8 Å². The van der Waals surface area contributed by atoms with Gasteiger partial charge in [-0.05, 0) is 55.3 Å². The molecule has 3 aromatic carbocycles. The summed E-state index contributed by atoms with van der Waals surface area (Å²) in [6.07, 6.45) is 2.13. The molecule has 0 saturated heterocycles. The Morgan fingerprint density at radius 3 is 2.53 bits per heavy atom. The molecule has 1 aromatic heterocycles. The molecular weight excluding hydrogens is 450 g/mol. The number of aromatic nitrogens is 1. The molecule has 0 saturated carbocycles. The van der Waals surface area contributed by atoms with Gasteiger partial charge in [-0.3, -0.25) is 13.9 Å². The number of sulfonamides is 1. The Balaban J connectivity index is 1.57. The number of fused-ring (bicyclic) bond motifs is 2. The van der Waals surface area contributed by atoms with Gasteiger partial charge in [0.1, 0.15) is 5.56 Å². The zero-order chi connectivity index (χ0) is 23.9. The van der Waals surface area contributed by atoms with Gasteiger partial charge in [-0.2, -0.15) is 0 Å². The molecular formula is C26H23N3O4S. The van der Waals surface area contributed by atoms with Crippen LogP contribution in [0, 0.1) is 0 Å². The fraction of sp³-hybridized carbons (Fsp3) is 0.154. The van der Waals surface area contributed by atoms with E-state index >= 15 is 0 Å². The lowest BCUT2D eigenvalue weighted by atomic mass is 10.1. The molecule has 1 aliphatic heterocycles. The number of carbonyl (C=O) groups is 1. The largest absolute Gasteiger partial charge is 0.360 e. The maximum Gasteiger partial charge on any atom is 0.264 e. The third-order valence-corrected chi connectivity index (χ3v) is 8.03. The van der Waals surface area contributed by atoms with Gasteiger partial charge in [-0.15, -0.1) is 0 Å². The minimum Gasteiger partial charge on any atom is -0.360 e. The Bertz CT molecular complexity index is 1560. The SMILES string of the molecule is CCN(c1ccccc1)S(=O)(=O)c1ccc2[nH]cc(C(=O)N3CCc4ccccc43)c(=O)c2c1. The Morgan fingerprint density at radius 1 is 1.03 bits per heavy atom. The van der Waals surface area contributed by atoms with E-state index in [1.165, 1.54) is 22.6 Å². The summed E-state index contributed by atoms with van der Waals surface area (Å²) in [6.45, 7) is 2.48. The van der Waals surface area contributed by atoms with E-state index in [1.807, 2.05) is 30.3 Å². The lowest BCUT2D eigenvalue weighted by Crippen LogP contribution is -2.33. The Hall–Kier alpha value is -3.91. The van der Waals surface area contributed by atoms with Crippen LogP contribution in [0.4, 0.5) is 11.4 Å². The number of H-pyrrole nitrogens is 1. The van der Waals surface area contributed by atoms with Gasteiger partial charge in [0.05, 0.1) is 10.6 Å². The molecule has 0 radical (unpaired) electrons. The van der Waals surface area contributed by atoms with Crippen LogP contribution in [-0.4, -0.2) is 32.4 Å². The summed E-state index contributed by atoms with van der Waals surface area (Å²) in [6, 6.07) is 20.8. The topological polar surface area (TPSA) is 90.6 Å². The number of amides is 1. The number of hydrogen-bond donors (Lipinski definition) is 1. The maximum absolute atomic E-state index is 13.4. The number of benzene rings is 3. The molecule has 0 fully saturated rings. The molecule has 0 bridgehead atoms. The molecule has 5 rings (SSSR count). The highest BCUT2D eigenvalue weighted by atomic mass is 32.2. The van der Waals surface area contributed by atoms with E-state index in [0.717, 1.165) is 17.7 Å². The number of nitrogens with zero attached hydrogens (tertiary/aromatic N) is 2. The van der Waals surface area contributed by atoms with Gasteiger partial charge in [0.25, 0.3) is 15.9 Å². The van der Waals surface area contributed by atoms with Crippen molar-refractivity contribution in [2.24, 2.45) is 0 Å². The van der Waals surface area contributed by atoms with Crippen molar-refractivity contribution < 1.29 is 13.2 Å². The van der Waals surface area contributed by atoms with Crippen molar-refractivity contribution in [2.75, 3.05) is 22.3 Å². The van der Waals surface area contributed by atoms with Crippen LogP contribution in [-0.2, 0) is 16.4 Å². The van der Waals surface area contributed by atoms with Crippen LogP contribution in [0.3, 0.4) is 0 Å². The molecule has 1 aliphatic rings. The number of pyridine rings is 1. The molecule has 1 N–H and O–H groups in total.